The number of carbonyl (C=O) groups is 2. The first kappa shape index (κ1) is 12.6. The Morgan fingerprint density at radius 1 is 1.29 bits per heavy atom. The van der Waals surface area contributed by atoms with Gasteiger partial charge in [0.15, 0.2) is 0 Å². The van der Waals surface area contributed by atoms with Crippen LogP contribution in [-0.4, -0.2) is 22.0 Å². The number of ether oxygens (including phenoxy) is 1. The SMILES string of the molecule is O=C(O)CC(=O)OCc1ccc([N+](=O)[O-])cc1. The molecule has 7 nitrogen and oxygen atoms in total. The van der Waals surface area contributed by atoms with Crippen LogP contribution in [0.5, 0.6) is 0 Å². The van der Waals surface area contributed by atoms with Crippen LogP contribution in [0.25, 0.3) is 0 Å². The van der Waals surface area contributed by atoms with E-state index in [-0.39, 0.29) is 12.3 Å². The summed E-state index contributed by atoms with van der Waals surface area (Å²) in [5.74, 6) is -2.12. The summed E-state index contributed by atoms with van der Waals surface area (Å²) < 4.78 is 4.65. The molecule has 0 aliphatic carbocycles. The standard InChI is InChI=1S/C10H9NO6/c12-9(13)5-10(14)17-6-7-1-3-8(4-2-7)11(15)16/h1-4H,5-6H2,(H,12,13). The average molecular weight is 239 g/mol. The van der Waals surface area contributed by atoms with Gasteiger partial charge in [-0.15, -0.1) is 0 Å². The lowest BCUT2D eigenvalue weighted by atomic mass is 10.2. The van der Waals surface area contributed by atoms with Crippen LogP contribution < -0.4 is 0 Å². The van der Waals surface area contributed by atoms with E-state index < -0.39 is 23.3 Å². The summed E-state index contributed by atoms with van der Waals surface area (Å²) in [4.78, 5) is 30.9. The van der Waals surface area contributed by atoms with Crippen LogP contribution in [0.4, 0.5) is 5.69 Å². The largest absolute Gasteiger partial charge is 0.481 e. The molecule has 1 aromatic carbocycles. The number of aliphatic carboxylic acids is 1. The van der Waals surface area contributed by atoms with Crippen LogP contribution in [0.2, 0.25) is 0 Å². The molecule has 0 aliphatic heterocycles. The fourth-order valence-corrected chi connectivity index (χ4v) is 1.05. The number of esters is 1. The molecule has 0 saturated heterocycles. The molecule has 1 N–H and O–H groups in total. The lowest BCUT2D eigenvalue weighted by molar-refractivity contribution is -0.384. The molecule has 0 saturated carbocycles. The molecule has 0 amide bonds. The van der Waals surface area contributed by atoms with E-state index in [1.807, 2.05) is 0 Å². The highest BCUT2D eigenvalue weighted by Gasteiger charge is 2.09. The predicted molar refractivity (Wildman–Crippen MR) is 55.1 cm³/mol. The monoisotopic (exact) mass is 239 g/mol. The fourth-order valence-electron chi connectivity index (χ4n) is 1.05. The number of hydrogen-bond donors (Lipinski definition) is 1. The first-order valence-electron chi connectivity index (χ1n) is 4.60. The van der Waals surface area contributed by atoms with Crippen LogP contribution in [0.15, 0.2) is 24.3 Å². The number of rotatable bonds is 5. The van der Waals surface area contributed by atoms with Crippen LogP contribution in [0.1, 0.15) is 12.0 Å². The van der Waals surface area contributed by atoms with Gasteiger partial charge >= 0.3 is 11.9 Å². The topological polar surface area (TPSA) is 107 Å². The van der Waals surface area contributed by atoms with Crippen molar-refractivity contribution in [1.29, 1.82) is 0 Å². The number of non-ortho nitro benzene ring substituents is 1. The van der Waals surface area contributed by atoms with E-state index in [2.05, 4.69) is 4.74 Å². The summed E-state index contributed by atoms with van der Waals surface area (Å²) in [6.07, 6.45) is -0.701. The van der Waals surface area contributed by atoms with Crippen molar-refractivity contribution in [2.75, 3.05) is 0 Å². The summed E-state index contributed by atoms with van der Waals surface area (Å²) in [7, 11) is 0. The summed E-state index contributed by atoms with van der Waals surface area (Å²) in [5.41, 5.74) is 0.486. The second kappa shape index (κ2) is 5.59. The zero-order chi connectivity index (χ0) is 12.8. The number of nitrogens with zero attached hydrogens (tertiary/aromatic N) is 1. The molecule has 0 heterocycles. The summed E-state index contributed by atoms with van der Waals surface area (Å²) in [5, 5.41) is 18.7. The van der Waals surface area contributed by atoms with Gasteiger partial charge in [-0.3, -0.25) is 19.7 Å². The fraction of sp³-hybridized carbons (Fsp3) is 0.200. The van der Waals surface area contributed by atoms with Gasteiger partial charge in [0.2, 0.25) is 0 Å². The third kappa shape index (κ3) is 4.29. The number of carboxylic acid groups (broad SMARTS) is 1. The van der Waals surface area contributed by atoms with E-state index in [4.69, 9.17) is 5.11 Å². The number of carboxylic acids is 1. The zero-order valence-electron chi connectivity index (χ0n) is 8.66. The van der Waals surface area contributed by atoms with Gasteiger partial charge < -0.3 is 9.84 Å². The maximum Gasteiger partial charge on any atom is 0.317 e. The molecule has 0 unspecified atom stereocenters. The van der Waals surface area contributed by atoms with E-state index in [9.17, 15) is 19.7 Å². The van der Waals surface area contributed by atoms with Crippen molar-refractivity contribution < 1.29 is 24.4 Å². The van der Waals surface area contributed by atoms with Crippen LogP contribution in [-0.2, 0) is 20.9 Å². The van der Waals surface area contributed by atoms with Crippen molar-refractivity contribution in [1.82, 2.24) is 0 Å². The van der Waals surface area contributed by atoms with Crippen molar-refractivity contribution in [2.24, 2.45) is 0 Å². The Balaban J connectivity index is 2.50. The van der Waals surface area contributed by atoms with E-state index in [1.54, 1.807) is 0 Å². The van der Waals surface area contributed by atoms with Crippen LogP contribution >= 0.6 is 0 Å². The summed E-state index contributed by atoms with van der Waals surface area (Å²) >= 11 is 0. The minimum atomic E-state index is -1.27. The lowest BCUT2D eigenvalue weighted by Crippen LogP contribution is -2.10. The number of hydrogen-bond acceptors (Lipinski definition) is 5. The molecule has 0 aliphatic rings. The third-order valence-corrected chi connectivity index (χ3v) is 1.84. The number of nitro benzene ring substituents is 1. The Labute approximate surface area is 95.8 Å². The van der Waals surface area contributed by atoms with Gasteiger partial charge in [-0.05, 0) is 17.7 Å². The van der Waals surface area contributed by atoms with Gasteiger partial charge in [0, 0.05) is 12.1 Å². The summed E-state index contributed by atoms with van der Waals surface area (Å²) in [6.45, 7) is -0.107. The lowest BCUT2D eigenvalue weighted by Gasteiger charge is -2.02. The van der Waals surface area contributed by atoms with Crippen LogP contribution in [0, 0.1) is 10.1 Å². The van der Waals surface area contributed by atoms with E-state index in [1.165, 1.54) is 24.3 Å². The molecule has 17 heavy (non-hydrogen) atoms. The summed E-state index contributed by atoms with van der Waals surface area (Å²) in [6, 6.07) is 5.43. The van der Waals surface area contributed by atoms with Gasteiger partial charge in [0.25, 0.3) is 5.69 Å². The Morgan fingerprint density at radius 3 is 2.35 bits per heavy atom. The molecule has 1 aromatic rings. The van der Waals surface area contributed by atoms with Crippen molar-refractivity contribution in [3.63, 3.8) is 0 Å². The molecule has 0 spiro atoms. The first-order valence-corrected chi connectivity index (χ1v) is 4.60. The Morgan fingerprint density at radius 2 is 1.88 bits per heavy atom. The number of carbonyl (C=O) groups excluding carboxylic acids is 1. The molecule has 7 heteroatoms. The highest BCUT2D eigenvalue weighted by Crippen LogP contribution is 2.12. The van der Waals surface area contributed by atoms with Crippen molar-refractivity contribution in [2.45, 2.75) is 13.0 Å². The van der Waals surface area contributed by atoms with Crippen molar-refractivity contribution in [3.8, 4) is 0 Å². The normalized spacial score (nSPS) is 9.65. The molecule has 90 valence electrons. The number of nitro groups is 1. The second-order valence-corrected chi connectivity index (χ2v) is 3.15. The highest BCUT2D eigenvalue weighted by molar-refractivity contribution is 5.90. The van der Waals surface area contributed by atoms with Gasteiger partial charge in [-0.2, -0.15) is 0 Å². The van der Waals surface area contributed by atoms with Crippen molar-refractivity contribution in [3.05, 3.63) is 39.9 Å². The Hall–Kier alpha value is -2.44. The molecule has 0 bridgehead atoms. The highest BCUT2D eigenvalue weighted by atomic mass is 16.6. The second-order valence-electron chi connectivity index (χ2n) is 3.15. The Bertz CT molecular complexity index is 439. The maximum absolute atomic E-state index is 10.9. The molecule has 0 fully saturated rings. The molecule has 0 atom stereocenters. The van der Waals surface area contributed by atoms with Gasteiger partial charge in [-0.25, -0.2) is 0 Å². The molecular weight excluding hydrogens is 230 g/mol. The Kier molecular flexibility index (Phi) is 4.15. The molecule has 1 rings (SSSR count). The van der Waals surface area contributed by atoms with E-state index in [0.717, 1.165) is 0 Å². The maximum atomic E-state index is 10.9. The average Bonchev–Trinajstić information content (AvgIpc) is 2.26. The van der Waals surface area contributed by atoms with Gasteiger partial charge in [0.05, 0.1) is 4.92 Å². The predicted octanol–water partition coefficient (Wildman–Crippen LogP) is 1.11. The zero-order valence-corrected chi connectivity index (χ0v) is 8.66. The molecule has 0 radical (unpaired) electrons. The van der Waals surface area contributed by atoms with Crippen LogP contribution in [0.3, 0.4) is 0 Å². The minimum Gasteiger partial charge on any atom is -0.481 e. The minimum absolute atomic E-state index is 0.0642. The quantitative estimate of drug-likeness (QED) is 0.357. The number of benzene rings is 1. The first-order chi connectivity index (χ1) is 7.99. The third-order valence-electron chi connectivity index (χ3n) is 1.84. The smallest absolute Gasteiger partial charge is 0.317 e. The van der Waals surface area contributed by atoms with Gasteiger partial charge in [-0.1, -0.05) is 0 Å². The van der Waals surface area contributed by atoms with Gasteiger partial charge in [0.1, 0.15) is 13.0 Å². The van der Waals surface area contributed by atoms with Crippen molar-refractivity contribution >= 4 is 17.6 Å². The van der Waals surface area contributed by atoms with E-state index >= 15 is 0 Å². The molecule has 0 aromatic heterocycles. The van der Waals surface area contributed by atoms with E-state index in [0.29, 0.717) is 5.56 Å². The molecular formula is C10H9NO6.